The summed E-state index contributed by atoms with van der Waals surface area (Å²) in [5, 5.41) is 18.6. The SMILES string of the molecule is COc1ccc(Cl)c(Nc2cc(=NC3CC3)n3nc/c(=C/c4[nH]c(=O)[nH]c4O)c3n2)c1. The van der Waals surface area contributed by atoms with Gasteiger partial charge in [-0.05, 0) is 31.1 Å². The van der Waals surface area contributed by atoms with Crippen LogP contribution in [0.15, 0.2) is 40.2 Å². The van der Waals surface area contributed by atoms with Crippen LogP contribution in [0.1, 0.15) is 18.5 Å². The number of aromatic amines is 2. The first kappa shape index (κ1) is 19.2. The van der Waals surface area contributed by atoms with E-state index in [9.17, 15) is 9.90 Å². The molecule has 4 aromatic rings. The summed E-state index contributed by atoms with van der Waals surface area (Å²) in [6, 6.07) is 7.35. The summed E-state index contributed by atoms with van der Waals surface area (Å²) in [6.45, 7) is 0. The maximum absolute atomic E-state index is 11.5. The van der Waals surface area contributed by atoms with Crippen molar-refractivity contribution >= 4 is 34.8 Å². The minimum Gasteiger partial charge on any atom is -0.497 e. The van der Waals surface area contributed by atoms with Crippen LogP contribution in [0.3, 0.4) is 0 Å². The van der Waals surface area contributed by atoms with Crippen molar-refractivity contribution in [2.24, 2.45) is 4.99 Å². The molecular weight excluding hydrogens is 422 g/mol. The van der Waals surface area contributed by atoms with Gasteiger partial charge in [-0.2, -0.15) is 9.61 Å². The van der Waals surface area contributed by atoms with Gasteiger partial charge >= 0.3 is 5.69 Å². The molecule has 0 bridgehead atoms. The molecule has 5 rings (SSSR count). The summed E-state index contributed by atoms with van der Waals surface area (Å²) in [5.41, 5.74) is 1.50. The lowest BCUT2D eigenvalue weighted by molar-refractivity contribution is 0.415. The van der Waals surface area contributed by atoms with E-state index < -0.39 is 5.69 Å². The number of aromatic nitrogens is 5. The average Bonchev–Trinajstić information content (AvgIpc) is 3.38. The zero-order chi connectivity index (χ0) is 21.5. The monoisotopic (exact) mass is 439 g/mol. The van der Waals surface area contributed by atoms with Gasteiger partial charge < -0.3 is 20.1 Å². The van der Waals surface area contributed by atoms with Gasteiger partial charge in [0.15, 0.2) is 11.1 Å². The van der Waals surface area contributed by atoms with Crippen molar-refractivity contribution < 1.29 is 9.84 Å². The molecule has 1 aromatic carbocycles. The van der Waals surface area contributed by atoms with E-state index in [1.54, 1.807) is 48.2 Å². The van der Waals surface area contributed by atoms with Crippen LogP contribution in [0.4, 0.5) is 11.5 Å². The number of fused-ring (bicyclic) bond motifs is 1. The Kier molecular flexibility index (Phi) is 4.63. The van der Waals surface area contributed by atoms with Gasteiger partial charge in [0, 0.05) is 17.4 Å². The molecule has 0 radical (unpaired) electrons. The standard InChI is InChI=1S/C20H18ClN7O3/c1-31-12-4-5-13(21)14(7-12)24-16-8-17(23-11-2-3-11)28-18(26-16)10(9-22-28)6-15-19(29)27-20(30)25-15/h4-9,11,24,29H,2-3H2,1H3,(H2,25,27,30)/b10-6-,23-17?. The molecule has 0 saturated heterocycles. The smallest absolute Gasteiger partial charge is 0.326 e. The number of halogens is 1. The molecule has 0 atom stereocenters. The second-order valence-corrected chi connectivity index (χ2v) is 7.56. The summed E-state index contributed by atoms with van der Waals surface area (Å²) < 4.78 is 6.91. The summed E-state index contributed by atoms with van der Waals surface area (Å²) in [4.78, 5) is 25.7. The van der Waals surface area contributed by atoms with Gasteiger partial charge in [-0.3, -0.25) is 9.98 Å². The molecule has 0 spiro atoms. The molecule has 31 heavy (non-hydrogen) atoms. The second kappa shape index (κ2) is 7.47. The Morgan fingerprint density at radius 2 is 2.19 bits per heavy atom. The van der Waals surface area contributed by atoms with Crippen LogP contribution in [0, 0.1) is 0 Å². The lowest BCUT2D eigenvalue weighted by Gasteiger charge is -2.10. The van der Waals surface area contributed by atoms with Crippen LogP contribution < -0.4 is 26.4 Å². The quantitative estimate of drug-likeness (QED) is 0.372. The minimum atomic E-state index is -0.507. The number of nitrogens with one attached hydrogen (secondary N) is 3. The fraction of sp³-hybridized carbons (Fsp3) is 0.200. The minimum absolute atomic E-state index is 0.233. The largest absolute Gasteiger partial charge is 0.497 e. The molecule has 158 valence electrons. The molecule has 4 N–H and O–H groups in total. The van der Waals surface area contributed by atoms with E-state index in [0.717, 1.165) is 12.8 Å². The highest BCUT2D eigenvalue weighted by atomic mass is 35.5. The lowest BCUT2D eigenvalue weighted by Crippen LogP contribution is -2.19. The molecule has 3 aromatic heterocycles. The van der Waals surface area contributed by atoms with E-state index in [1.165, 1.54) is 0 Å². The van der Waals surface area contributed by atoms with Gasteiger partial charge in [0.05, 0.1) is 30.1 Å². The number of aromatic hydroxyl groups is 1. The van der Waals surface area contributed by atoms with Crippen LogP contribution >= 0.6 is 11.6 Å². The number of hydrogen-bond acceptors (Lipinski definition) is 7. The maximum Gasteiger partial charge on any atom is 0.326 e. The van der Waals surface area contributed by atoms with Crippen LogP contribution in [0.5, 0.6) is 11.6 Å². The second-order valence-electron chi connectivity index (χ2n) is 7.15. The Bertz CT molecular complexity index is 1470. The Labute approximate surface area is 179 Å². The van der Waals surface area contributed by atoms with Gasteiger partial charge in [-0.1, -0.05) is 11.6 Å². The van der Waals surface area contributed by atoms with Crippen molar-refractivity contribution in [2.45, 2.75) is 18.9 Å². The fourth-order valence-electron chi connectivity index (χ4n) is 3.13. The van der Waals surface area contributed by atoms with Gasteiger partial charge in [0.1, 0.15) is 17.3 Å². The number of H-pyrrole nitrogens is 2. The molecule has 1 aliphatic carbocycles. The Hall–Kier alpha value is -3.79. The molecule has 0 amide bonds. The van der Waals surface area contributed by atoms with Crippen molar-refractivity contribution in [3.05, 3.63) is 62.4 Å². The predicted molar refractivity (Wildman–Crippen MR) is 115 cm³/mol. The molecule has 10 nitrogen and oxygen atoms in total. The van der Waals surface area contributed by atoms with E-state index in [-0.39, 0.29) is 17.6 Å². The average molecular weight is 440 g/mol. The van der Waals surface area contributed by atoms with Gasteiger partial charge in [-0.25, -0.2) is 9.78 Å². The molecule has 11 heteroatoms. The molecule has 1 saturated carbocycles. The summed E-state index contributed by atoms with van der Waals surface area (Å²) in [6.07, 6.45) is 5.26. The first-order valence-electron chi connectivity index (χ1n) is 9.56. The number of anilines is 2. The molecule has 1 fully saturated rings. The number of methoxy groups -OCH3 is 1. The summed E-state index contributed by atoms with van der Waals surface area (Å²) in [5.74, 6) is 0.912. The number of ether oxygens (including phenoxy) is 1. The van der Waals surface area contributed by atoms with E-state index in [1.807, 2.05) is 0 Å². The molecule has 3 heterocycles. The molecule has 0 unspecified atom stereocenters. The van der Waals surface area contributed by atoms with Crippen molar-refractivity contribution in [3.8, 4) is 11.6 Å². The van der Waals surface area contributed by atoms with Crippen molar-refractivity contribution in [1.29, 1.82) is 0 Å². The zero-order valence-corrected chi connectivity index (χ0v) is 17.1. The fourth-order valence-corrected chi connectivity index (χ4v) is 3.29. The summed E-state index contributed by atoms with van der Waals surface area (Å²) in [7, 11) is 1.58. The van der Waals surface area contributed by atoms with E-state index >= 15 is 0 Å². The number of imidazole rings is 1. The number of hydrogen-bond donors (Lipinski definition) is 4. The lowest BCUT2D eigenvalue weighted by atomic mass is 10.3. The van der Waals surface area contributed by atoms with E-state index in [2.05, 4.69) is 25.4 Å². The van der Waals surface area contributed by atoms with Crippen LogP contribution in [0.25, 0.3) is 11.7 Å². The van der Waals surface area contributed by atoms with Crippen LogP contribution in [-0.4, -0.2) is 42.8 Å². The first-order chi connectivity index (χ1) is 15.0. The van der Waals surface area contributed by atoms with Crippen LogP contribution in [0.2, 0.25) is 5.02 Å². The van der Waals surface area contributed by atoms with Crippen molar-refractivity contribution in [1.82, 2.24) is 24.6 Å². The molecule has 0 aliphatic heterocycles. The molecule has 1 aliphatic rings. The van der Waals surface area contributed by atoms with Crippen LogP contribution in [-0.2, 0) is 0 Å². The van der Waals surface area contributed by atoms with E-state index in [0.29, 0.717) is 38.6 Å². The topological polar surface area (TPSA) is 133 Å². The third kappa shape index (κ3) is 3.84. The Balaban J connectivity index is 1.67. The highest BCUT2D eigenvalue weighted by Gasteiger charge is 2.20. The molecular formula is C20H18ClN7O3. The predicted octanol–water partition coefficient (Wildman–Crippen LogP) is 1.47. The van der Waals surface area contributed by atoms with Gasteiger partial charge in [0.2, 0.25) is 5.88 Å². The number of benzene rings is 1. The van der Waals surface area contributed by atoms with Crippen molar-refractivity contribution in [2.75, 3.05) is 12.4 Å². The van der Waals surface area contributed by atoms with Crippen molar-refractivity contribution in [3.63, 3.8) is 0 Å². The van der Waals surface area contributed by atoms with Gasteiger partial charge in [0.25, 0.3) is 0 Å². The Morgan fingerprint density at radius 3 is 2.90 bits per heavy atom. The number of nitrogens with zero attached hydrogens (tertiary/aromatic N) is 4. The number of rotatable bonds is 5. The third-order valence-corrected chi connectivity index (χ3v) is 5.14. The maximum atomic E-state index is 11.5. The first-order valence-corrected chi connectivity index (χ1v) is 9.94. The zero-order valence-electron chi connectivity index (χ0n) is 16.4. The van der Waals surface area contributed by atoms with E-state index in [4.69, 9.17) is 21.3 Å². The highest BCUT2D eigenvalue weighted by molar-refractivity contribution is 6.33. The normalized spacial score (nSPS) is 15.0. The van der Waals surface area contributed by atoms with Gasteiger partial charge in [-0.15, -0.1) is 0 Å². The highest BCUT2D eigenvalue weighted by Crippen LogP contribution is 2.29. The Morgan fingerprint density at radius 1 is 1.35 bits per heavy atom. The summed E-state index contributed by atoms with van der Waals surface area (Å²) >= 11 is 6.33. The third-order valence-electron chi connectivity index (χ3n) is 4.81.